The quantitative estimate of drug-likeness (QED) is 0.725. The summed E-state index contributed by atoms with van der Waals surface area (Å²) in [7, 11) is 0. The molecule has 0 radical (unpaired) electrons. The Labute approximate surface area is 132 Å². The van der Waals surface area contributed by atoms with Crippen LogP contribution in [0.15, 0.2) is 12.2 Å². The van der Waals surface area contributed by atoms with E-state index in [9.17, 15) is 9.59 Å². The van der Waals surface area contributed by atoms with Gasteiger partial charge in [0.1, 0.15) is 0 Å². The number of allylic oxidation sites excluding steroid dienone is 2. The Hall–Kier alpha value is -1.36. The minimum atomic E-state index is -0.0186. The highest BCUT2D eigenvalue weighted by Gasteiger charge is 2.33. The first kappa shape index (κ1) is 15.5. The van der Waals surface area contributed by atoms with Crippen molar-refractivity contribution in [3.8, 4) is 0 Å². The number of piperidine rings is 1. The predicted molar refractivity (Wildman–Crippen MR) is 83.2 cm³/mol. The standard InChI is InChI=1S/C17H26N2O3/c20-16(14-5-2-1-3-6-14)19-8-4-7-15(13-19)17(21)18-9-11-22-12-10-18/h1-2,14-15H,3-13H2/t14-,15+/m0/s1. The Balaban J connectivity index is 1.57. The van der Waals surface area contributed by atoms with Crippen LogP contribution in [0.4, 0.5) is 0 Å². The molecule has 0 unspecified atom stereocenters. The second kappa shape index (κ2) is 7.27. The molecule has 0 N–H and O–H groups in total. The van der Waals surface area contributed by atoms with E-state index in [2.05, 4.69) is 12.2 Å². The summed E-state index contributed by atoms with van der Waals surface area (Å²) in [5, 5.41) is 0. The first-order chi connectivity index (χ1) is 10.8. The molecule has 0 aromatic rings. The molecule has 0 spiro atoms. The highest BCUT2D eigenvalue weighted by Crippen LogP contribution is 2.25. The van der Waals surface area contributed by atoms with Gasteiger partial charge in [-0.05, 0) is 32.1 Å². The number of rotatable bonds is 2. The Morgan fingerprint density at radius 1 is 0.909 bits per heavy atom. The van der Waals surface area contributed by atoms with Crippen molar-refractivity contribution in [2.75, 3.05) is 39.4 Å². The van der Waals surface area contributed by atoms with E-state index in [-0.39, 0.29) is 23.7 Å². The van der Waals surface area contributed by atoms with E-state index in [1.807, 2.05) is 9.80 Å². The third-order valence-corrected chi connectivity index (χ3v) is 5.02. The highest BCUT2D eigenvalue weighted by atomic mass is 16.5. The monoisotopic (exact) mass is 306 g/mol. The predicted octanol–water partition coefficient (Wildman–Crippen LogP) is 1.44. The number of carbonyl (C=O) groups excluding carboxylic acids is 2. The molecule has 2 atom stereocenters. The topological polar surface area (TPSA) is 49.9 Å². The van der Waals surface area contributed by atoms with Gasteiger partial charge in [-0.1, -0.05) is 12.2 Å². The molecule has 2 saturated heterocycles. The van der Waals surface area contributed by atoms with E-state index in [4.69, 9.17) is 4.74 Å². The van der Waals surface area contributed by atoms with Gasteiger partial charge in [-0.2, -0.15) is 0 Å². The number of hydrogen-bond donors (Lipinski definition) is 0. The van der Waals surface area contributed by atoms with E-state index in [1.165, 1.54) is 0 Å². The zero-order valence-electron chi connectivity index (χ0n) is 13.2. The summed E-state index contributed by atoms with van der Waals surface area (Å²) in [6.07, 6.45) is 8.93. The molecule has 5 nitrogen and oxygen atoms in total. The fourth-order valence-corrected chi connectivity index (χ4v) is 3.70. The van der Waals surface area contributed by atoms with Gasteiger partial charge < -0.3 is 14.5 Å². The van der Waals surface area contributed by atoms with Gasteiger partial charge >= 0.3 is 0 Å². The lowest BCUT2D eigenvalue weighted by molar-refractivity contribution is -0.145. The van der Waals surface area contributed by atoms with Crippen LogP contribution in [0.3, 0.4) is 0 Å². The smallest absolute Gasteiger partial charge is 0.227 e. The van der Waals surface area contributed by atoms with Crippen LogP contribution >= 0.6 is 0 Å². The number of likely N-dealkylation sites (tertiary alicyclic amines) is 1. The maximum Gasteiger partial charge on any atom is 0.227 e. The molecule has 1 aliphatic carbocycles. The first-order valence-corrected chi connectivity index (χ1v) is 8.56. The molecule has 0 saturated carbocycles. The van der Waals surface area contributed by atoms with Crippen molar-refractivity contribution < 1.29 is 14.3 Å². The molecule has 0 aromatic heterocycles. The second-order valence-corrected chi connectivity index (χ2v) is 6.54. The lowest BCUT2D eigenvalue weighted by Crippen LogP contribution is -2.50. The van der Waals surface area contributed by atoms with Gasteiger partial charge in [-0.25, -0.2) is 0 Å². The van der Waals surface area contributed by atoms with Crippen molar-refractivity contribution in [1.29, 1.82) is 0 Å². The average Bonchev–Trinajstić information content (AvgIpc) is 2.62. The Bertz CT molecular complexity index is 443. The molecule has 2 amide bonds. The maximum atomic E-state index is 12.6. The number of amides is 2. The fourth-order valence-electron chi connectivity index (χ4n) is 3.70. The van der Waals surface area contributed by atoms with Crippen molar-refractivity contribution in [2.45, 2.75) is 32.1 Å². The van der Waals surface area contributed by atoms with Crippen LogP contribution in [0.1, 0.15) is 32.1 Å². The van der Waals surface area contributed by atoms with Crippen LogP contribution in [0.5, 0.6) is 0 Å². The molecule has 122 valence electrons. The highest BCUT2D eigenvalue weighted by molar-refractivity contribution is 5.82. The third kappa shape index (κ3) is 3.51. The molecule has 2 heterocycles. The number of morpholine rings is 1. The summed E-state index contributed by atoms with van der Waals surface area (Å²) in [5.41, 5.74) is 0. The normalized spacial score (nSPS) is 29.5. The van der Waals surface area contributed by atoms with Crippen molar-refractivity contribution in [1.82, 2.24) is 9.80 Å². The molecule has 3 rings (SSSR count). The molecule has 22 heavy (non-hydrogen) atoms. The Morgan fingerprint density at radius 3 is 2.41 bits per heavy atom. The molecular formula is C17H26N2O3. The molecule has 0 aromatic carbocycles. The number of carbonyl (C=O) groups is 2. The number of ether oxygens (including phenoxy) is 1. The summed E-state index contributed by atoms with van der Waals surface area (Å²) < 4.78 is 5.31. The zero-order chi connectivity index (χ0) is 15.4. The summed E-state index contributed by atoms with van der Waals surface area (Å²) in [5.74, 6) is 0.574. The van der Waals surface area contributed by atoms with Crippen molar-refractivity contribution in [3.05, 3.63) is 12.2 Å². The Morgan fingerprint density at radius 2 is 1.68 bits per heavy atom. The minimum Gasteiger partial charge on any atom is -0.378 e. The summed E-state index contributed by atoms with van der Waals surface area (Å²) in [6.45, 7) is 4.07. The van der Waals surface area contributed by atoms with Crippen LogP contribution < -0.4 is 0 Å². The first-order valence-electron chi connectivity index (χ1n) is 8.56. The van der Waals surface area contributed by atoms with Crippen LogP contribution in [0.2, 0.25) is 0 Å². The molecule has 3 aliphatic rings. The third-order valence-electron chi connectivity index (χ3n) is 5.02. The summed E-state index contributed by atoms with van der Waals surface area (Å²) in [4.78, 5) is 29.1. The van der Waals surface area contributed by atoms with Crippen LogP contribution in [-0.2, 0) is 14.3 Å². The van der Waals surface area contributed by atoms with Crippen molar-refractivity contribution >= 4 is 11.8 Å². The molecule has 0 bridgehead atoms. The number of nitrogens with zero attached hydrogens (tertiary/aromatic N) is 2. The number of hydrogen-bond acceptors (Lipinski definition) is 3. The average molecular weight is 306 g/mol. The van der Waals surface area contributed by atoms with Gasteiger partial charge in [0, 0.05) is 32.1 Å². The van der Waals surface area contributed by atoms with E-state index in [1.54, 1.807) is 0 Å². The zero-order valence-corrected chi connectivity index (χ0v) is 13.2. The van der Waals surface area contributed by atoms with Gasteiger partial charge in [-0.3, -0.25) is 9.59 Å². The Kier molecular flexibility index (Phi) is 5.13. The summed E-state index contributed by atoms with van der Waals surface area (Å²) >= 11 is 0. The van der Waals surface area contributed by atoms with Gasteiger partial charge in [0.2, 0.25) is 11.8 Å². The van der Waals surface area contributed by atoms with Gasteiger partial charge in [0.05, 0.1) is 19.1 Å². The van der Waals surface area contributed by atoms with E-state index >= 15 is 0 Å². The van der Waals surface area contributed by atoms with Gasteiger partial charge in [0.15, 0.2) is 0 Å². The molecule has 2 aliphatic heterocycles. The lowest BCUT2D eigenvalue weighted by atomic mass is 9.90. The fraction of sp³-hybridized carbons (Fsp3) is 0.765. The van der Waals surface area contributed by atoms with Crippen molar-refractivity contribution in [3.63, 3.8) is 0 Å². The van der Waals surface area contributed by atoms with Crippen LogP contribution in [-0.4, -0.2) is 61.0 Å². The minimum absolute atomic E-state index is 0.0186. The van der Waals surface area contributed by atoms with E-state index in [0.29, 0.717) is 32.8 Å². The lowest BCUT2D eigenvalue weighted by Gasteiger charge is -2.37. The SMILES string of the molecule is O=C([C@@H]1CCCN(C(=O)[C@H]2CC=CCC2)C1)N1CCOCC1. The maximum absolute atomic E-state index is 12.6. The van der Waals surface area contributed by atoms with Crippen LogP contribution in [0.25, 0.3) is 0 Å². The second-order valence-electron chi connectivity index (χ2n) is 6.54. The molecule has 5 heteroatoms. The van der Waals surface area contributed by atoms with Gasteiger partial charge in [0.25, 0.3) is 0 Å². The largest absolute Gasteiger partial charge is 0.378 e. The molecule has 2 fully saturated rings. The van der Waals surface area contributed by atoms with E-state index < -0.39 is 0 Å². The summed E-state index contributed by atoms with van der Waals surface area (Å²) in [6, 6.07) is 0. The van der Waals surface area contributed by atoms with E-state index in [0.717, 1.165) is 38.6 Å². The molecular weight excluding hydrogens is 280 g/mol. The van der Waals surface area contributed by atoms with Gasteiger partial charge in [-0.15, -0.1) is 0 Å². The van der Waals surface area contributed by atoms with Crippen molar-refractivity contribution in [2.24, 2.45) is 11.8 Å². The van der Waals surface area contributed by atoms with Crippen LogP contribution in [0, 0.1) is 11.8 Å².